The van der Waals surface area contributed by atoms with Gasteiger partial charge in [0, 0.05) is 6.54 Å². The summed E-state index contributed by atoms with van der Waals surface area (Å²) in [6.07, 6.45) is 7.63. The Morgan fingerprint density at radius 3 is 2.33 bits per heavy atom. The van der Waals surface area contributed by atoms with Crippen molar-refractivity contribution in [3.05, 3.63) is 11.6 Å². The molecule has 0 bridgehead atoms. The van der Waals surface area contributed by atoms with Crippen LogP contribution in [0, 0.1) is 5.92 Å². The van der Waals surface area contributed by atoms with Crippen LogP contribution in [0.15, 0.2) is 11.6 Å². The lowest BCUT2D eigenvalue weighted by atomic mass is 10.1. The Morgan fingerprint density at radius 1 is 1.13 bits per heavy atom. The summed E-state index contributed by atoms with van der Waals surface area (Å²) in [5.74, 6) is 0.862. The van der Waals surface area contributed by atoms with Crippen LogP contribution in [0.2, 0.25) is 0 Å². The fourth-order valence-electron chi connectivity index (χ4n) is 1.62. The molecule has 90 valence electrons. The van der Waals surface area contributed by atoms with E-state index in [0.29, 0.717) is 0 Å². The number of rotatable bonds is 8. The molecule has 0 saturated carbocycles. The average Bonchev–Trinajstić information content (AvgIpc) is 2.11. The van der Waals surface area contributed by atoms with E-state index in [1.807, 2.05) is 0 Å². The first-order valence-corrected chi connectivity index (χ1v) is 6.34. The number of nitrogens with zero attached hydrogens (tertiary/aromatic N) is 1. The minimum absolute atomic E-state index is 0.862. The molecule has 0 aliphatic carbocycles. The number of allylic oxidation sites excluding steroid dienone is 1. The van der Waals surface area contributed by atoms with Crippen LogP contribution in [-0.4, -0.2) is 25.0 Å². The zero-order valence-corrected chi connectivity index (χ0v) is 11.3. The van der Waals surface area contributed by atoms with E-state index in [-0.39, 0.29) is 0 Å². The zero-order valence-electron chi connectivity index (χ0n) is 11.3. The highest BCUT2D eigenvalue weighted by Crippen LogP contribution is 2.06. The second kappa shape index (κ2) is 8.96. The maximum Gasteiger partial charge on any atom is 0.00129 e. The normalized spacial score (nSPS) is 11.1. The van der Waals surface area contributed by atoms with Gasteiger partial charge in [0.1, 0.15) is 0 Å². The lowest BCUT2D eigenvalue weighted by Crippen LogP contribution is -2.20. The fourth-order valence-corrected chi connectivity index (χ4v) is 1.62. The molecule has 0 atom stereocenters. The standard InChI is InChI=1S/C14H29N/c1-13(2)9-6-7-11-15(5)12-8-10-14(3)4/h10,13H,6-9,11-12H2,1-5H3. The Labute approximate surface area is 96.6 Å². The predicted octanol–water partition coefficient (Wildman–Crippen LogP) is 4.10. The molecule has 0 radical (unpaired) electrons. The van der Waals surface area contributed by atoms with Crippen LogP contribution in [0.3, 0.4) is 0 Å². The fraction of sp³-hybridized carbons (Fsp3) is 0.857. The smallest absolute Gasteiger partial charge is 0.00129 e. The van der Waals surface area contributed by atoms with Crippen molar-refractivity contribution in [2.75, 3.05) is 20.1 Å². The van der Waals surface area contributed by atoms with E-state index in [0.717, 1.165) is 5.92 Å². The highest BCUT2D eigenvalue weighted by molar-refractivity contribution is 4.92. The van der Waals surface area contributed by atoms with Gasteiger partial charge in [-0.3, -0.25) is 0 Å². The summed E-state index contributed by atoms with van der Waals surface area (Å²) in [5, 5.41) is 0. The van der Waals surface area contributed by atoms with Crippen molar-refractivity contribution in [3.63, 3.8) is 0 Å². The highest BCUT2D eigenvalue weighted by atomic mass is 15.1. The average molecular weight is 211 g/mol. The molecule has 0 aromatic carbocycles. The molecule has 0 rings (SSSR count). The Kier molecular flexibility index (Phi) is 8.79. The molecular weight excluding hydrogens is 182 g/mol. The van der Waals surface area contributed by atoms with Crippen LogP contribution in [0.25, 0.3) is 0 Å². The second-order valence-corrected chi connectivity index (χ2v) is 5.26. The van der Waals surface area contributed by atoms with Crippen LogP contribution in [0.4, 0.5) is 0 Å². The summed E-state index contributed by atoms with van der Waals surface area (Å²) >= 11 is 0. The van der Waals surface area contributed by atoms with Gasteiger partial charge in [-0.05, 0) is 46.2 Å². The van der Waals surface area contributed by atoms with E-state index in [4.69, 9.17) is 0 Å². The van der Waals surface area contributed by atoms with Gasteiger partial charge in [0.05, 0.1) is 0 Å². The van der Waals surface area contributed by atoms with Crippen molar-refractivity contribution in [1.29, 1.82) is 0 Å². The van der Waals surface area contributed by atoms with E-state index in [9.17, 15) is 0 Å². The van der Waals surface area contributed by atoms with E-state index in [1.54, 1.807) is 0 Å². The molecule has 0 aromatic rings. The van der Waals surface area contributed by atoms with Gasteiger partial charge in [-0.15, -0.1) is 0 Å². The molecule has 0 heterocycles. The van der Waals surface area contributed by atoms with Crippen molar-refractivity contribution in [1.82, 2.24) is 4.90 Å². The van der Waals surface area contributed by atoms with Crippen LogP contribution in [0.5, 0.6) is 0 Å². The van der Waals surface area contributed by atoms with E-state index in [2.05, 4.69) is 45.7 Å². The van der Waals surface area contributed by atoms with Crippen molar-refractivity contribution < 1.29 is 0 Å². The molecule has 1 heteroatoms. The van der Waals surface area contributed by atoms with Crippen LogP contribution in [-0.2, 0) is 0 Å². The molecule has 0 aliphatic heterocycles. The van der Waals surface area contributed by atoms with Gasteiger partial charge in [0.25, 0.3) is 0 Å². The number of hydrogen-bond donors (Lipinski definition) is 0. The van der Waals surface area contributed by atoms with Gasteiger partial charge in [0.2, 0.25) is 0 Å². The monoisotopic (exact) mass is 211 g/mol. The Balaban J connectivity index is 3.33. The summed E-state index contributed by atoms with van der Waals surface area (Å²) in [7, 11) is 2.23. The summed E-state index contributed by atoms with van der Waals surface area (Å²) < 4.78 is 0. The molecule has 0 amide bonds. The molecule has 0 aliphatic rings. The highest BCUT2D eigenvalue weighted by Gasteiger charge is 1.98. The van der Waals surface area contributed by atoms with Gasteiger partial charge < -0.3 is 4.90 Å². The maximum atomic E-state index is 2.44. The minimum Gasteiger partial charge on any atom is -0.306 e. The van der Waals surface area contributed by atoms with Gasteiger partial charge in [-0.1, -0.05) is 38.3 Å². The topological polar surface area (TPSA) is 3.24 Å². The largest absolute Gasteiger partial charge is 0.306 e. The van der Waals surface area contributed by atoms with Gasteiger partial charge in [-0.2, -0.15) is 0 Å². The zero-order chi connectivity index (χ0) is 11.7. The molecule has 0 aromatic heterocycles. The molecule has 1 nitrogen and oxygen atoms in total. The van der Waals surface area contributed by atoms with Crippen LogP contribution >= 0.6 is 0 Å². The predicted molar refractivity (Wildman–Crippen MR) is 70.2 cm³/mol. The minimum atomic E-state index is 0.862. The first-order chi connectivity index (χ1) is 7.02. The summed E-state index contributed by atoms with van der Waals surface area (Å²) in [5.41, 5.74) is 1.43. The van der Waals surface area contributed by atoms with Crippen molar-refractivity contribution in [2.24, 2.45) is 5.92 Å². The van der Waals surface area contributed by atoms with Crippen molar-refractivity contribution in [2.45, 2.75) is 53.4 Å². The third-order valence-corrected chi connectivity index (χ3v) is 2.63. The lowest BCUT2D eigenvalue weighted by Gasteiger charge is -2.15. The Morgan fingerprint density at radius 2 is 1.80 bits per heavy atom. The van der Waals surface area contributed by atoms with Crippen LogP contribution in [0.1, 0.15) is 53.4 Å². The molecular formula is C14H29N. The second-order valence-electron chi connectivity index (χ2n) is 5.26. The SMILES string of the molecule is CC(C)=CCCN(C)CCCCC(C)C. The van der Waals surface area contributed by atoms with Gasteiger partial charge >= 0.3 is 0 Å². The lowest BCUT2D eigenvalue weighted by molar-refractivity contribution is 0.326. The molecule has 0 fully saturated rings. The van der Waals surface area contributed by atoms with Gasteiger partial charge in [0.15, 0.2) is 0 Å². The van der Waals surface area contributed by atoms with Gasteiger partial charge in [-0.25, -0.2) is 0 Å². The van der Waals surface area contributed by atoms with Crippen molar-refractivity contribution in [3.8, 4) is 0 Å². The number of unbranched alkanes of at least 4 members (excludes halogenated alkanes) is 1. The van der Waals surface area contributed by atoms with Crippen molar-refractivity contribution >= 4 is 0 Å². The Bertz CT molecular complexity index is 166. The first kappa shape index (κ1) is 14.7. The molecule has 0 unspecified atom stereocenters. The molecule has 15 heavy (non-hydrogen) atoms. The summed E-state index contributed by atoms with van der Waals surface area (Å²) in [6.45, 7) is 11.4. The third kappa shape index (κ3) is 11.6. The third-order valence-electron chi connectivity index (χ3n) is 2.63. The molecule has 0 saturated heterocycles. The maximum absolute atomic E-state index is 2.44. The molecule has 0 N–H and O–H groups in total. The summed E-state index contributed by atoms with van der Waals surface area (Å²) in [4.78, 5) is 2.44. The van der Waals surface area contributed by atoms with E-state index >= 15 is 0 Å². The van der Waals surface area contributed by atoms with E-state index < -0.39 is 0 Å². The number of hydrogen-bond acceptors (Lipinski definition) is 1. The Hall–Kier alpha value is -0.300. The first-order valence-electron chi connectivity index (χ1n) is 6.34. The quantitative estimate of drug-likeness (QED) is 0.431. The van der Waals surface area contributed by atoms with Crippen LogP contribution < -0.4 is 0 Å². The molecule has 0 spiro atoms. The summed E-state index contributed by atoms with van der Waals surface area (Å²) in [6, 6.07) is 0. The van der Waals surface area contributed by atoms with E-state index in [1.165, 1.54) is 44.3 Å².